The van der Waals surface area contributed by atoms with Gasteiger partial charge in [0.15, 0.2) is 6.61 Å². The molecule has 3 aromatic carbocycles. The molecule has 0 amide bonds. The Labute approximate surface area is 217 Å². The molecule has 1 aliphatic rings. The van der Waals surface area contributed by atoms with E-state index in [-0.39, 0.29) is 18.4 Å². The number of oxime groups is 1. The van der Waals surface area contributed by atoms with Crippen molar-refractivity contribution >= 4 is 17.8 Å². The number of carbonyl (C=O) groups is 2. The number of hydrogen-bond donors (Lipinski definition) is 1. The summed E-state index contributed by atoms with van der Waals surface area (Å²) < 4.78 is 10.4. The van der Waals surface area contributed by atoms with Crippen LogP contribution in [0.4, 0.5) is 0 Å². The number of nitrogens with zero attached hydrogens (tertiary/aromatic N) is 1. The van der Waals surface area contributed by atoms with Crippen LogP contribution in [0.3, 0.4) is 0 Å². The Morgan fingerprint density at radius 1 is 0.973 bits per heavy atom. The van der Waals surface area contributed by atoms with Gasteiger partial charge in [0, 0.05) is 6.42 Å². The molecule has 0 heterocycles. The van der Waals surface area contributed by atoms with Gasteiger partial charge in [-0.05, 0) is 59.9 Å². The lowest BCUT2D eigenvalue weighted by atomic mass is 9.80. The van der Waals surface area contributed by atoms with Crippen LogP contribution in [-0.4, -0.2) is 31.5 Å². The number of benzene rings is 3. The molecule has 192 valence electrons. The second kappa shape index (κ2) is 12.7. The highest BCUT2D eigenvalue weighted by atomic mass is 16.7. The summed E-state index contributed by atoms with van der Waals surface area (Å²) in [5.41, 5.74) is 10.1. The van der Waals surface area contributed by atoms with Gasteiger partial charge in [0.1, 0.15) is 17.5 Å². The van der Waals surface area contributed by atoms with E-state index in [0.29, 0.717) is 6.42 Å². The third-order valence-corrected chi connectivity index (χ3v) is 6.66. The normalized spacial score (nSPS) is 15.1. The Morgan fingerprint density at radius 3 is 2.30 bits per heavy atom. The van der Waals surface area contributed by atoms with Crippen LogP contribution in [0.15, 0.2) is 84.0 Å². The first-order chi connectivity index (χ1) is 18.1. The minimum Gasteiger partial charge on any atom is -0.482 e. The van der Waals surface area contributed by atoms with Gasteiger partial charge < -0.3 is 20.0 Å². The van der Waals surface area contributed by atoms with Crippen molar-refractivity contribution in [2.24, 2.45) is 10.9 Å². The molecule has 1 aliphatic carbocycles. The van der Waals surface area contributed by atoms with Crippen LogP contribution in [0.5, 0.6) is 5.75 Å². The van der Waals surface area contributed by atoms with E-state index in [9.17, 15) is 9.59 Å². The number of carbonyl (C=O) groups excluding carboxylic acids is 2. The SMILES string of the molecule is COC(=O)COc1cccc2c1CCCC2CCC(N)=NOC(=O)C(c1ccccc1)c1ccccc1. The molecule has 0 aliphatic heterocycles. The van der Waals surface area contributed by atoms with Gasteiger partial charge in [-0.15, -0.1) is 0 Å². The maximum Gasteiger partial charge on any atom is 0.346 e. The Morgan fingerprint density at radius 2 is 1.65 bits per heavy atom. The first-order valence-electron chi connectivity index (χ1n) is 12.5. The van der Waals surface area contributed by atoms with Gasteiger partial charge in [-0.25, -0.2) is 9.59 Å². The van der Waals surface area contributed by atoms with E-state index >= 15 is 0 Å². The van der Waals surface area contributed by atoms with Crippen LogP contribution in [0, 0.1) is 0 Å². The van der Waals surface area contributed by atoms with Gasteiger partial charge in [0.05, 0.1) is 7.11 Å². The zero-order valence-electron chi connectivity index (χ0n) is 21.0. The number of amidine groups is 1. The zero-order valence-corrected chi connectivity index (χ0v) is 21.0. The van der Waals surface area contributed by atoms with E-state index in [4.69, 9.17) is 15.3 Å². The van der Waals surface area contributed by atoms with Crippen molar-refractivity contribution in [1.29, 1.82) is 0 Å². The number of ether oxygens (including phenoxy) is 2. The van der Waals surface area contributed by atoms with E-state index in [2.05, 4.69) is 16.0 Å². The van der Waals surface area contributed by atoms with Crippen molar-refractivity contribution < 1.29 is 23.9 Å². The second-order valence-corrected chi connectivity index (χ2v) is 9.06. The van der Waals surface area contributed by atoms with E-state index in [1.165, 1.54) is 12.7 Å². The average Bonchev–Trinajstić information content (AvgIpc) is 2.94. The van der Waals surface area contributed by atoms with Crippen molar-refractivity contribution in [3.8, 4) is 5.75 Å². The van der Waals surface area contributed by atoms with Crippen molar-refractivity contribution in [1.82, 2.24) is 0 Å². The topological polar surface area (TPSA) is 100 Å². The molecule has 4 rings (SSSR count). The molecule has 0 aromatic heterocycles. The summed E-state index contributed by atoms with van der Waals surface area (Å²) in [5, 5.41) is 3.98. The zero-order chi connectivity index (χ0) is 26.0. The fraction of sp³-hybridized carbons (Fsp3) is 0.300. The lowest BCUT2D eigenvalue weighted by molar-refractivity contribution is -0.144. The lowest BCUT2D eigenvalue weighted by Gasteiger charge is -2.27. The largest absolute Gasteiger partial charge is 0.482 e. The minimum atomic E-state index is -0.590. The molecule has 0 spiro atoms. The van der Waals surface area contributed by atoms with Gasteiger partial charge in [-0.2, -0.15) is 0 Å². The van der Waals surface area contributed by atoms with E-state index in [1.807, 2.05) is 72.8 Å². The summed E-state index contributed by atoms with van der Waals surface area (Å²) in [6, 6.07) is 24.9. The average molecular weight is 501 g/mol. The van der Waals surface area contributed by atoms with Crippen molar-refractivity contribution in [3.63, 3.8) is 0 Å². The summed E-state index contributed by atoms with van der Waals surface area (Å²) in [5.74, 6) is -0.209. The molecule has 0 bridgehead atoms. The summed E-state index contributed by atoms with van der Waals surface area (Å²) in [7, 11) is 1.34. The second-order valence-electron chi connectivity index (χ2n) is 9.06. The summed E-state index contributed by atoms with van der Waals surface area (Å²) >= 11 is 0. The van der Waals surface area contributed by atoms with Crippen LogP contribution >= 0.6 is 0 Å². The number of nitrogens with two attached hydrogens (primary N) is 1. The molecule has 0 saturated heterocycles. The fourth-order valence-corrected chi connectivity index (χ4v) is 4.82. The predicted molar refractivity (Wildman–Crippen MR) is 141 cm³/mol. The molecular weight excluding hydrogens is 468 g/mol. The number of hydrogen-bond acceptors (Lipinski definition) is 6. The first-order valence-corrected chi connectivity index (χ1v) is 12.5. The molecule has 1 unspecified atom stereocenters. The molecule has 37 heavy (non-hydrogen) atoms. The van der Waals surface area contributed by atoms with Gasteiger partial charge in [-0.1, -0.05) is 78.0 Å². The van der Waals surface area contributed by atoms with Crippen molar-refractivity contribution in [2.75, 3.05) is 13.7 Å². The Balaban J connectivity index is 1.40. The Hall–Kier alpha value is -4.13. The minimum absolute atomic E-state index is 0.116. The number of methoxy groups -OCH3 is 1. The van der Waals surface area contributed by atoms with Gasteiger partial charge in [0.25, 0.3) is 0 Å². The summed E-state index contributed by atoms with van der Waals surface area (Å²) in [4.78, 5) is 29.9. The molecule has 7 heteroatoms. The van der Waals surface area contributed by atoms with E-state index < -0.39 is 17.9 Å². The van der Waals surface area contributed by atoms with Crippen LogP contribution in [0.2, 0.25) is 0 Å². The van der Waals surface area contributed by atoms with Crippen LogP contribution in [-0.2, 0) is 25.6 Å². The Kier molecular flexibility index (Phi) is 8.92. The lowest BCUT2D eigenvalue weighted by Crippen LogP contribution is -2.20. The quantitative estimate of drug-likeness (QED) is 0.137. The Bertz CT molecular complexity index is 1190. The highest BCUT2D eigenvalue weighted by molar-refractivity contribution is 5.84. The smallest absolute Gasteiger partial charge is 0.346 e. The van der Waals surface area contributed by atoms with Gasteiger partial charge in [0.2, 0.25) is 0 Å². The van der Waals surface area contributed by atoms with E-state index in [1.54, 1.807) is 0 Å². The predicted octanol–water partition coefficient (Wildman–Crippen LogP) is 5.09. The molecule has 3 aromatic rings. The van der Waals surface area contributed by atoms with Crippen LogP contribution in [0.25, 0.3) is 0 Å². The van der Waals surface area contributed by atoms with Crippen molar-refractivity contribution in [3.05, 3.63) is 101 Å². The molecule has 0 saturated carbocycles. The van der Waals surface area contributed by atoms with Crippen molar-refractivity contribution in [2.45, 2.75) is 43.9 Å². The number of rotatable bonds is 10. The van der Waals surface area contributed by atoms with E-state index in [0.717, 1.165) is 48.1 Å². The summed E-state index contributed by atoms with van der Waals surface area (Å²) in [6.07, 6.45) is 4.18. The fourth-order valence-electron chi connectivity index (χ4n) is 4.82. The molecule has 2 N–H and O–H groups in total. The number of fused-ring (bicyclic) bond motifs is 1. The monoisotopic (exact) mass is 500 g/mol. The number of esters is 1. The first kappa shape index (κ1) is 25.9. The molecule has 1 atom stereocenters. The highest BCUT2D eigenvalue weighted by Crippen LogP contribution is 2.39. The molecule has 7 nitrogen and oxygen atoms in total. The van der Waals surface area contributed by atoms with Crippen LogP contribution < -0.4 is 10.5 Å². The van der Waals surface area contributed by atoms with Gasteiger partial charge >= 0.3 is 11.9 Å². The third-order valence-electron chi connectivity index (χ3n) is 6.66. The highest BCUT2D eigenvalue weighted by Gasteiger charge is 2.26. The standard InChI is InChI=1S/C30H32N2O5/c1-35-28(33)20-36-26-17-9-15-24-21(14-8-16-25(24)26)18-19-27(31)32-37-30(34)29(22-10-4-2-5-11-22)23-12-6-3-7-13-23/h2-7,9-13,15,17,21,29H,8,14,16,18-20H2,1H3,(H2,31,32). The molecule has 0 fully saturated rings. The maximum absolute atomic E-state index is 13.1. The third kappa shape index (κ3) is 6.76. The molecule has 0 radical (unpaired) electrons. The summed E-state index contributed by atoms with van der Waals surface area (Å²) in [6.45, 7) is -0.116. The van der Waals surface area contributed by atoms with Gasteiger partial charge in [-0.3, -0.25) is 0 Å². The molecular formula is C30H32N2O5. The van der Waals surface area contributed by atoms with Crippen LogP contribution in [0.1, 0.15) is 59.8 Å². The maximum atomic E-state index is 13.1.